The first-order valence-corrected chi connectivity index (χ1v) is 5.86. The van der Waals surface area contributed by atoms with Crippen molar-refractivity contribution in [2.45, 2.75) is 19.5 Å². The smallest absolute Gasteiger partial charge is 0.140 e. The van der Waals surface area contributed by atoms with Crippen LogP contribution in [0, 0.1) is 0 Å². The SMILES string of the molecule is C[C@@H](NCc1ncnn1C)c1cccc(Cl)c1. The van der Waals surface area contributed by atoms with E-state index in [0.717, 1.165) is 10.8 Å². The molecule has 90 valence electrons. The molecule has 0 radical (unpaired) electrons. The maximum absolute atomic E-state index is 5.96. The van der Waals surface area contributed by atoms with Crippen molar-refractivity contribution in [1.82, 2.24) is 20.1 Å². The van der Waals surface area contributed by atoms with Crippen molar-refractivity contribution in [3.63, 3.8) is 0 Å². The maximum atomic E-state index is 5.96. The monoisotopic (exact) mass is 250 g/mol. The molecule has 1 heterocycles. The van der Waals surface area contributed by atoms with E-state index in [1.165, 1.54) is 5.56 Å². The van der Waals surface area contributed by atoms with Crippen LogP contribution in [-0.4, -0.2) is 14.8 Å². The summed E-state index contributed by atoms with van der Waals surface area (Å²) in [5.41, 5.74) is 1.17. The standard InChI is InChI=1S/C12H15ClN4/c1-9(10-4-3-5-11(13)6-10)14-7-12-15-8-16-17(12)2/h3-6,8-9,14H,7H2,1-2H3/t9-/m1/s1. The summed E-state index contributed by atoms with van der Waals surface area (Å²) in [6.07, 6.45) is 1.56. The molecule has 0 aliphatic rings. The molecule has 0 fully saturated rings. The molecule has 1 aromatic carbocycles. The van der Waals surface area contributed by atoms with Crippen LogP contribution in [-0.2, 0) is 13.6 Å². The van der Waals surface area contributed by atoms with Crippen molar-refractivity contribution < 1.29 is 0 Å². The number of benzene rings is 1. The summed E-state index contributed by atoms with van der Waals surface area (Å²) in [5.74, 6) is 0.916. The van der Waals surface area contributed by atoms with Crippen LogP contribution in [0.2, 0.25) is 5.02 Å². The van der Waals surface area contributed by atoms with Crippen LogP contribution >= 0.6 is 11.6 Å². The summed E-state index contributed by atoms with van der Waals surface area (Å²) < 4.78 is 1.76. The molecule has 2 aromatic rings. The molecule has 0 spiro atoms. The summed E-state index contributed by atoms with van der Waals surface area (Å²) in [6, 6.07) is 8.08. The Labute approximate surface area is 106 Å². The first kappa shape index (κ1) is 12.1. The fraction of sp³-hybridized carbons (Fsp3) is 0.333. The van der Waals surface area contributed by atoms with Gasteiger partial charge in [0, 0.05) is 18.1 Å². The third-order valence-electron chi connectivity index (χ3n) is 2.72. The van der Waals surface area contributed by atoms with Crippen LogP contribution in [0.1, 0.15) is 24.4 Å². The van der Waals surface area contributed by atoms with Gasteiger partial charge in [0.25, 0.3) is 0 Å². The zero-order valence-electron chi connectivity index (χ0n) is 9.89. The van der Waals surface area contributed by atoms with Gasteiger partial charge in [0.15, 0.2) is 0 Å². The Hall–Kier alpha value is -1.39. The number of nitrogens with one attached hydrogen (secondary N) is 1. The molecule has 0 saturated carbocycles. The van der Waals surface area contributed by atoms with Gasteiger partial charge in [0.2, 0.25) is 0 Å². The van der Waals surface area contributed by atoms with Gasteiger partial charge in [-0.1, -0.05) is 23.7 Å². The highest BCUT2D eigenvalue weighted by atomic mass is 35.5. The molecule has 0 saturated heterocycles. The minimum absolute atomic E-state index is 0.227. The highest BCUT2D eigenvalue weighted by molar-refractivity contribution is 6.30. The Morgan fingerprint density at radius 1 is 1.47 bits per heavy atom. The van der Waals surface area contributed by atoms with Gasteiger partial charge in [-0.3, -0.25) is 4.68 Å². The second-order valence-electron chi connectivity index (χ2n) is 3.96. The summed E-state index contributed by atoms with van der Waals surface area (Å²) >= 11 is 5.96. The molecular formula is C12H15ClN4. The number of halogens is 1. The number of aryl methyl sites for hydroxylation is 1. The van der Waals surface area contributed by atoms with E-state index < -0.39 is 0 Å². The van der Waals surface area contributed by atoms with Crippen LogP contribution in [0.25, 0.3) is 0 Å². The lowest BCUT2D eigenvalue weighted by atomic mass is 10.1. The molecule has 0 bridgehead atoms. The molecule has 5 heteroatoms. The Morgan fingerprint density at radius 3 is 2.94 bits per heavy atom. The molecule has 0 aliphatic heterocycles. The average molecular weight is 251 g/mol. The minimum atomic E-state index is 0.227. The lowest BCUT2D eigenvalue weighted by Gasteiger charge is -2.14. The third-order valence-corrected chi connectivity index (χ3v) is 2.96. The van der Waals surface area contributed by atoms with Crippen LogP contribution < -0.4 is 5.32 Å². The summed E-state index contributed by atoms with van der Waals surface area (Å²) in [6.45, 7) is 2.78. The molecule has 17 heavy (non-hydrogen) atoms. The van der Waals surface area contributed by atoms with E-state index in [0.29, 0.717) is 6.54 Å². The Balaban J connectivity index is 1.98. The zero-order chi connectivity index (χ0) is 12.3. The maximum Gasteiger partial charge on any atom is 0.140 e. The van der Waals surface area contributed by atoms with Gasteiger partial charge in [-0.05, 0) is 24.6 Å². The van der Waals surface area contributed by atoms with Gasteiger partial charge in [0.05, 0.1) is 6.54 Å². The minimum Gasteiger partial charge on any atom is -0.303 e. The van der Waals surface area contributed by atoms with E-state index in [1.54, 1.807) is 11.0 Å². The van der Waals surface area contributed by atoms with Crippen molar-refractivity contribution in [3.05, 3.63) is 47.0 Å². The van der Waals surface area contributed by atoms with E-state index in [9.17, 15) is 0 Å². The van der Waals surface area contributed by atoms with Crippen molar-refractivity contribution in [1.29, 1.82) is 0 Å². The molecule has 1 atom stereocenters. The predicted molar refractivity (Wildman–Crippen MR) is 67.7 cm³/mol. The zero-order valence-corrected chi connectivity index (χ0v) is 10.6. The molecule has 0 unspecified atom stereocenters. The van der Waals surface area contributed by atoms with Crippen molar-refractivity contribution in [3.8, 4) is 0 Å². The Kier molecular flexibility index (Phi) is 3.76. The Morgan fingerprint density at radius 2 is 2.29 bits per heavy atom. The van der Waals surface area contributed by atoms with Gasteiger partial charge in [-0.25, -0.2) is 4.98 Å². The fourth-order valence-corrected chi connectivity index (χ4v) is 1.82. The first-order valence-electron chi connectivity index (χ1n) is 5.48. The quantitative estimate of drug-likeness (QED) is 0.906. The number of hydrogen-bond acceptors (Lipinski definition) is 3. The molecule has 1 N–H and O–H groups in total. The summed E-state index contributed by atoms with van der Waals surface area (Å²) in [5, 5.41) is 8.17. The van der Waals surface area contributed by atoms with Gasteiger partial charge in [0.1, 0.15) is 12.2 Å². The van der Waals surface area contributed by atoms with Crippen LogP contribution in [0.15, 0.2) is 30.6 Å². The highest BCUT2D eigenvalue weighted by Gasteiger charge is 2.07. The summed E-state index contributed by atoms with van der Waals surface area (Å²) in [7, 11) is 1.88. The Bertz CT molecular complexity index is 495. The second kappa shape index (κ2) is 5.29. The number of hydrogen-bond donors (Lipinski definition) is 1. The topological polar surface area (TPSA) is 42.7 Å². The molecule has 4 nitrogen and oxygen atoms in total. The van der Waals surface area contributed by atoms with Gasteiger partial charge in [-0.2, -0.15) is 5.10 Å². The normalized spacial score (nSPS) is 12.6. The number of nitrogens with zero attached hydrogens (tertiary/aromatic N) is 3. The highest BCUT2D eigenvalue weighted by Crippen LogP contribution is 2.17. The number of aromatic nitrogens is 3. The lowest BCUT2D eigenvalue weighted by molar-refractivity contribution is 0.540. The summed E-state index contributed by atoms with van der Waals surface area (Å²) in [4.78, 5) is 4.16. The first-order chi connectivity index (χ1) is 8.16. The van der Waals surface area contributed by atoms with E-state index >= 15 is 0 Å². The van der Waals surface area contributed by atoms with Gasteiger partial charge < -0.3 is 5.32 Å². The third kappa shape index (κ3) is 3.05. The predicted octanol–water partition coefficient (Wildman–Crippen LogP) is 2.32. The van der Waals surface area contributed by atoms with Crippen LogP contribution in [0.5, 0.6) is 0 Å². The van der Waals surface area contributed by atoms with E-state index in [1.807, 2.05) is 25.2 Å². The largest absolute Gasteiger partial charge is 0.303 e. The van der Waals surface area contributed by atoms with Crippen molar-refractivity contribution in [2.75, 3.05) is 0 Å². The van der Waals surface area contributed by atoms with E-state index in [2.05, 4.69) is 28.4 Å². The van der Waals surface area contributed by atoms with Gasteiger partial charge >= 0.3 is 0 Å². The van der Waals surface area contributed by atoms with Crippen LogP contribution in [0.4, 0.5) is 0 Å². The molecule has 0 aliphatic carbocycles. The number of rotatable bonds is 4. The van der Waals surface area contributed by atoms with Crippen molar-refractivity contribution >= 4 is 11.6 Å². The second-order valence-corrected chi connectivity index (χ2v) is 4.39. The lowest BCUT2D eigenvalue weighted by Crippen LogP contribution is -2.20. The molecule has 1 aromatic heterocycles. The average Bonchev–Trinajstić information content (AvgIpc) is 2.72. The fourth-order valence-electron chi connectivity index (χ4n) is 1.62. The molecule has 0 amide bonds. The van der Waals surface area contributed by atoms with Crippen molar-refractivity contribution in [2.24, 2.45) is 7.05 Å². The van der Waals surface area contributed by atoms with E-state index in [4.69, 9.17) is 11.6 Å². The van der Waals surface area contributed by atoms with Crippen LogP contribution in [0.3, 0.4) is 0 Å². The molecule has 2 rings (SSSR count). The van der Waals surface area contributed by atoms with E-state index in [-0.39, 0.29) is 6.04 Å². The molecular weight excluding hydrogens is 236 g/mol. The van der Waals surface area contributed by atoms with Gasteiger partial charge in [-0.15, -0.1) is 0 Å².